The smallest absolute Gasteiger partial charge is 0.121 e. The summed E-state index contributed by atoms with van der Waals surface area (Å²) in [4.78, 5) is 10.5. The molecule has 0 amide bonds. The van der Waals surface area contributed by atoms with E-state index in [0.717, 1.165) is 42.2 Å². The third kappa shape index (κ3) is 2.87. The fourth-order valence-electron chi connectivity index (χ4n) is 2.62. The van der Waals surface area contributed by atoms with Crippen LogP contribution < -0.4 is 5.73 Å². The van der Waals surface area contributed by atoms with Crippen molar-refractivity contribution in [1.82, 2.24) is 14.9 Å². The summed E-state index contributed by atoms with van der Waals surface area (Å²) in [5.74, 6) is 2.23. The number of nitrogens with zero attached hydrogens (tertiary/aromatic N) is 2. The number of nitrogens with two attached hydrogens (primary N) is 1. The standard InChI is InChI=1S/C14H20N4S/c1-14(2)9-18(5-6-19-14)8-13-16-11-4-3-10(15)7-12(11)17-13/h3-4,7H,5-6,8-9,15H2,1-2H3,(H,16,17). The maximum absolute atomic E-state index is 5.79. The van der Waals surface area contributed by atoms with Gasteiger partial charge in [0.1, 0.15) is 5.82 Å². The molecule has 1 aliphatic heterocycles. The first-order chi connectivity index (χ1) is 9.02. The zero-order chi connectivity index (χ0) is 13.5. The summed E-state index contributed by atoms with van der Waals surface area (Å²) < 4.78 is 0.342. The Kier molecular flexibility index (Phi) is 3.19. The molecule has 0 atom stereocenters. The number of benzene rings is 1. The third-order valence-electron chi connectivity index (χ3n) is 3.43. The minimum atomic E-state index is 0.342. The molecular formula is C14H20N4S. The lowest BCUT2D eigenvalue weighted by atomic mass is 10.2. The number of rotatable bonds is 2. The van der Waals surface area contributed by atoms with E-state index in [-0.39, 0.29) is 0 Å². The number of hydrogen-bond donors (Lipinski definition) is 2. The van der Waals surface area contributed by atoms with Gasteiger partial charge in [-0.15, -0.1) is 0 Å². The molecule has 4 nitrogen and oxygen atoms in total. The molecule has 5 heteroatoms. The van der Waals surface area contributed by atoms with Gasteiger partial charge in [-0.2, -0.15) is 11.8 Å². The van der Waals surface area contributed by atoms with E-state index < -0.39 is 0 Å². The van der Waals surface area contributed by atoms with Gasteiger partial charge in [0.25, 0.3) is 0 Å². The van der Waals surface area contributed by atoms with Crippen molar-refractivity contribution in [2.24, 2.45) is 0 Å². The number of aromatic amines is 1. The Morgan fingerprint density at radius 1 is 1.47 bits per heavy atom. The van der Waals surface area contributed by atoms with E-state index >= 15 is 0 Å². The van der Waals surface area contributed by atoms with Crippen LogP contribution in [-0.2, 0) is 6.54 Å². The van der Waals surface area contributed by atoms with E-state index in [0.29, 0.717) is 4.75 Å². The first-order valence-electron chi connectivity index (χ1n) is 6.62. The molecule has 19 heavy (non-hydrogen) atoms. The van der Waals surface area contributed by atoms with Crippen LogP contribution >= 0.6 is 11.8 Å². The minimum absolute atomic E-state index is 0.342. The van der Waals surface area contributed by atoms with Gasteiger partial charge in [-0.1, -0.05) is 0 Å². The molecule has 2 aromatic rings. The SMILES string of the molecule is CC1(C)CN(Cc2nc3ccc(N)cc3[nH]2)CCS1. The molecule has 0 radical (unpaired) electrons. The summed E-state index contributed by atoms with van der Waals surface area (Å²) in [5.41, 5.74) is 8.59. The topological polar surface area (TPSA) is 57.9 Å². The monoisotopic (exact) mass is 276 g/mol. The fourth-order valence-corrected chi connectivity index (χ4v) is 3.79. The largest absolute Gasteiger partial charge is 0.399 e. The number of aromatic nitrogens is 2. The Labute approximate surface area is 117 Å². The van der Waals surface area contributed by atoms with Gasteiger partial charge in [0, 0.05) is 29.3 Å². The predicted molar refractivity (Wildman–Crippen MR) is 82.3 cm³/mol. The number of nitrogens with one attached hydrogen (secondary N) is 1. The third-order valence-corrected chi connectivity index (χ3v) is 4.73. The van der Waals surface area contributed by atoms with Gasteiger partial charge < -0.3 is 10.7 Å². The van der Waals surface area contributed by atoms with Gasteiger partial charge in [0.05, 0.1) is 17.6 Å². The summed E-state index contributed by atoms with van der Waals surface area (Å²) in [6, 6.07) is 5.82. The highest BCUT2D eigenvalue weighted by molar-refractivity contribution is 8.00. The molecular weight excluding hydrogens is 256 g/mol. The minimum Gasteiger partial charge on any atom is -0.399 e. The van der Waals surface area contributed by atoms with E-state index in [1.165, 1.54) is 5.75 Å². The second-order valence-corrected chi connectivity index (χ2v) is 7.58. The van der Waals surface area contributed by atoms with Crippen LogP contribution in [0.3, 0.4) is 0 Å². The van der Waals surface area contributed by atoms with Gasteiger partial charge in [0.15, 0.2) is 0 Å². The Bertz CT molecular complexity index is 590. The van der Waals surface area contributed by atoms with E-state index in [1.54, 1.807) is 0 Å². The van der Waals surface area contributed by atoms with Crippen LogP contribution in [-0.4, -0.2) is 38.5 Å². The van der Waals surface area contributed by atoms with Crippen molar-refractivity contribution in [3.63, 3.8) is 0 Å². The molecule has 1 saturated heterocycles. The number of thioether (sulfide) groups is 1. The second kappa shape index (κ2) is 4.72. The first-order valence-corrected chi connectivity index (χ1v) is 7.61. The molecule has 1 aliphatic rings. The number of H-pyrrole nitrogens is 1. The molecule has 0 saturated carbocycles. The predicted octanol–water partition coefficient (Wildman–Crippen LogP) is 2.47. The lowest BCUT2D eigenvalue weighted by Crippen LogP contribution is -2.42. The maximum Gasteiger partial charge on any atom is 0.121 e. The molecule has 3 rings (SSSR count). The van der Waals surface area contributed by atoms with Crippen molar-refractivity contribution in [2.45, 2.75) is 25.1 Å². The first kappa shape index (κ1) is 12.8. The molecule has 1 aromatic carbocycles. The number of nitrogen functional groups attached to an aromatic ring is 1. The van der Waals surface area contributed by atoms with E-state index in [9.17, 15) is 0 Å². The zero-order valence-corrected chi connectivity index (χ0v) is 12.3. The van der Waals surface area contributed by atoms with E-state index in [2.05, 4.69) is 40.5 Å². The van der Waals surface area contributed by atoms with Crippen LogP contribution in [0, 0.1) is 0 Å². The van der Waals surface area contributed by atoms with Crippen molar-refractivity contribution >= 4 is 28.5 Å². The van der Waals surface area contributed by atoms with Crippen molar-refractivity contribution in [3.8, 4) is 0 Å². The molecule has 0 spiro atoms. The average Bonchev–Trinajstić information content (AvgIpc) is 2.68. The Balaban J connectivity index is 1.77. The molecule has 1 aromatic heterocycles. The van der Waals surface area contributed by atoms with Gasteiger partial charge in [-0.05, 0) is 32.0 Å². The summed E-state index contributed by atoms with van der Waals surface area (Å²) >= 11 is 2.05. The lowest BCUT2D eigenvalue weighted by molar-refractivity contribution is 0.247. The summed E-state index contributed by atoms with van der Waals surface area (Å²) in [7, 11) is 0. The molecule has 0 aliphatic carbocycles. The van der Waals surface area contributed by atoms with Crippen molar-refractivity contribution < 1.29 is 0 Å². The number of anilines is 1. The van der Waals surface area contributed by atoms with E-state index in [1.807, 2.05) is 18.2 Å². The second-order valence-electron chi connectivity index (χ2n) is 5.78. The highest BCUT2D eigenvalue weighted by Gasteiger charge is 2.27. The number of fused-ring (bicyclic) bond motifs is 1. The highest BCUT2D eigenvalue weighted by atomic mass is 32.2. The average molecular weight is 276 g/mol. The van der Waals surface area contributed by atoms with E-state index in [4.69, 9.17) is 5.73 Å². The lowest BCUT2D eigenvalue weighted by Gasteiger charge is -2.37. The Hall–Kier alpha value is -1.20. The molecule has 2 heterocycles. The Morgan fingerprint density at radius 3 is 3.11 bits per heavy atom. The van der Waals surface area contributed by atoms with Crippen LogP contribution in [0.2, 0.25) is 0 Å². The van der Waals surface area contributed by atoms with Gasteiger partial charge in [-0.25, -0.2) is 4.98 Å². The fraction of sp³-hybridized carbons (Fsp3) is 0.500. The summed E-state index contributed by atoms with van der Waals surface area (Å²) in [5, 5.41) is 0. The normalized spacial score (nSPS) is 19.9. The maximum atomic E-state index is 5.79. The molecule has 1 fully saturated rings. The van der Waals surface area contributed by atoms with Crippen LogP contribution in [0.1, 0.15) is 19.7 Å². The van der Waals surface area contributed by atoms with Crippen LogP contribution in [0.15, 0.2) is 18.2 Å². The van der Waals surface area contributed by atoms with Crippen LogP contribution in [0.5, 0.6) is 0 Å². The molecule has 102 valence electrons. The van der Waals surface area contributed by atoms with Gasteiger partial charge in [0.2, 0.25) is 0 Å². The number of imidazole rings is 1. The van der Waals surface area contributed by atoms with Crippen LogP contribution in [0.25, 0.3) is 11.0 Å². The Morgan fingerprint density at radius 2 is 2.32 bits per heavy atom. The van der Waals surface area contributed by atoms with Crippen molar-refractivity contribution in [2.75, 3.05) is 24.6 Å². The molecule has 0 unspecified atom stereocenters. The van der Waals surface area contributed by atoms with Gasteiger partial charge >= 0.3 is 0 Å². The quantitative estimate of drug-likeness (QED) is 0.827. The van der Waals surface area contributed by atoms with Gasteiger partial charge in [-0.3, -0.25) is 4.90 Å². The number of hydrogen-bond acceptors (Lipinski definition) is 4. The molecule has 0 bridgehead atoms. The highest BCUT2D eigenvalue weighted by Crippen LogP contribution is 2.30. The molecule has 3 N–H and O–H groups in total. The van der Waals surface area contributed by atoms with Crippen molar-refractivity contribution in [1.29, 1.82) is 0 Å². The van der Waals surface area contributed by atoms with Crippen LogP contribution in [0.4, 0.5) is 5.69 Å². The summed E-state index contributed by atoms with van der Waals surface area (Å²) in [6.07, 6.45) is 0. The van der Waals surface area contributed by atoms with Crippen molar-refractivity contribution in [3.05, 3.63) is 24.0 Å². The summed E-state index contributed by atoms with van der Waals surface area (Å²) in [6.45, 7) is 7.75. The zero-order valence-electron chi connectivity index (χ0n) is 11.4.